The van der Waals surface area contributed by atoms with Gasteiger partial charge in [0.05, 0.1) is 6.61 Å². The van der Waals surface area contributed by atoms with Crippen molar-refractivity contribution in [2.24, 2.45) is 0 Å². The van der Waals surface area contributed by atoms with Crippen LogP contribution in [-0.4, -0.2) is 40.5 Å². The molecule has 2 atom stereocenters. The van der Waals surface area contributed by atoms with Gasteiger partial charge >= 0.3 is 5.69 Å². The van der Waals surface area contributed by atoms with Gasteiger partial charge in [-0.25, -0.2) is 4.79 Å². The number of ether oxygens (including phenoxy) is 2. The maximum Gasteiger partial charge on any atom is 0.351 e. The van der Waals surface area contributed by atoms with Gasteiger partial charge in [-0.05, 0) is 19.4 Å². The number of anilines is 1. The summed E-state index contributed by atoms with van der Waals surface area (Å²) in [6, 6.07) is 1.80. The van der Waals surface area contributed by atoms with Crippen LogP contribution >= 0.6 is 11.8 Å². The molecule has 1 unspecified atom stereocenters. The van der Waals surface area contributed by atoms with Crippen molar-refractivity contribution in [2.45, 2.75) is 38.4 Å². The first-order valence-corrected chi connectivity index (χ1v) is 8.47. The molecule has 0 bridgehead atoms. The molecule has 1 fully saturated rings. The van der Waals surface area contributed by atoms with Gasteiger partial charge in [0.25, 0.3) is 0 Å². The number of rotatable bonds is 8. The summed E-state index contributed by atoms with van der Waals surface area (Å²) >= 11 is 1.68. The minimum atomic E-state index is -0.286. The predicted molar refractivity (Wildman–Crippen MR) is 84.8 cm³/mol. The van der Waals surface area contributed by atoms with E-state index in [1.54, 1.807) is 28.6 Å². The van der Waals surface area contributed by atoms with Gasteiger partial charge in [-0.1, -0.05) is 13.3 Å². The molecule has 1 aromatic rings. The van der Waals surface area contributed by atoms with E-state index in [0.29, 0.717) is 12.4 Å². The molecule has 2 heterocycles. The Labute approximate surface area is 129 Å². The Hall–Kier alpha value is -1.05. The maximum atomic E-state index is 12.0. The van der Waals surface area contributed by atoms with E-state index in [4.69, 9.17) is 9.47 Å². The van der Waals surface area contributed by atoms with E-state index in [1.807, 2.05) is 6.92 Å². The van der Waals surface area contributed by atoms with Crippen LogP contribution in [0.15, 0.2) is 17.1 Å². The number of nitrogens with one attached hydrogen (secondary N) is 1. The van der Waals surface area contributed by atoms with Crippen LogP contribution in [0, 0.1) is 0 Å². The molecular formula is C14H23N3O3S. The number of aromatic nitrogens is 2. The second-order valence-corrected chi connectivity index (χ2v) is 6.01. The summed E-state index contributed by atoms with van der Waals surface area (Å²) in [5.41, 5.74) is -0.293. The molecule has 6 nitrogen and oxygen atoms in total. The first-order chi connectivity index (χ1) is 10.2. The van der Waals surface area contributed by atoms with Crippen LogP contribution in [0.1, 0.15) is 32.9 Å². The molecular weight excluding hydrogens is 290 g/mol. The van der Waals surface area contributed by atoms with E-state index < -0.39 is 0 Å². The highest BCUT2D eigenvalue weighted by atomic mass is 32.2. The van der Waals surface area contributed by atoms with E-state index in [2.05, 4.69) is 17.2 Å². The number of hydrogen-bond acceptors (Lipinski definition) is 6. The van der Waals surface area contributed by atoms with Crippen molar-refractivity contribution in [3.05, 3.63) is 22.7 Å². The lowest BCUT2D eigenvalue weighted by atomic mass is 10.4. The van der Waals surface area contributed by atoms with Crippen molar-refractivity contribution in [1.29, 1.82) is 0 Å². The first kappa shape index (κ1) is 16.3. The van der Waals surface area contributed by atoms with Gasteiger partial charge in [0.15, 0.2) is 0 Å². The van der Waals surface area contributed by atoms with Gasteiger partial charge in [0.2, 0.25) is 0 Å². The van der Waals surface area contributed by atoms with Crippen LogP contribution in [0.5, 0.6) is 0 Å². The van der Waals surface area contributed by atoms with Crippen LogP contribution in [-0.2, 0) is 9.47 Å². The van der Waals surface area contributed by atoms with Crippen molar-refractivity contribution >= 4 is 17.6 Å². The van der Waals surface area contributed by atoms with Gasteiger partial charge < -0.3 is 14.8 Å². The van der Waals surface area contributed by atoms with Crippen LogP contribution in [0.25, 0.3) is 0 Å². The van der Waals surface area contributed by atoms with Crippen LogP contribution < -0.4 is 11.0 Å². The predicted octanol–water partition coefficient (Wildman–Crippen LogP) is 2.08. The minimum Gasteiger partial charge on any atom is -0.378 e. The van der Waals surface area contributed by atoms with Gasteiger partial charge in [-0.3, -0.25) is 4.57 Å². The molecule has 1 aromatic heterocycles. The van der Waals surface area contributed by atoms with Crippen molar-refractivity contribution in [2.75, 3.05) is 30.8 Å². The molecule has 0 saturated carbocycles. The fourth-order valence-corrected chi connectivity index (χ4v) is 3.03. The van der Waals surface area contributed by atoms with Gasteiger partial charge in [-0.15, -0.1) is 11.8 Å². The number of nitrogens with zero attached hydrogens (tertiary/aromatic N) is 2. The molecule has 118 valence electrons. The molecule has 2 rings (SSSR count). The average Bonchev–Trinajstić information content (AvgIpc) is 2.93. The van der Waals surface area contributed by atoms with E-state index in [-0.39, 0.29) is 17.4 Å². The number of thioether (sulfide) groups is 1. The third kappa shape index (κ3) is 4.72. The minimum absolute atomic E-state index is 0.00722. The molecule has 0 aromatic carbocycles. The quantitative estimate of drug-likeness (QED) is 0.741. The summed E-state index contributed by atoms with van der Waals surface area (Å²) in [7, 11) is 0. The van der Waals surface area contributed by atoms with Gasteiger partial charge in [-0.2, -0.15) is 4.98 Å². The van der Waals surface area contributed by atoms with Crippen molar-refractivity contribution in [3.8, 4) is 0 Å². The third-order valence-electron chi connectivity index (χ3n) is 3.13. The van der Waals surface area contributed by atoms with Crippen molar-refractivity contribution in [3.63, 3.8) is 0 Å². The molecule has 1 saturated heterocycles. The SMILES string of the molecule is CCCCOC[C@H]1OC(n2ccc(NCC)nc2=O)CS1. The Morgan fingerprint density at radius 1 is 1.57 bits per heavy atom. The Morgan fingerprint density at radius 3 is 3.14 bits per heavy atom. The molecule has 1 aliphatic heterocycles. The highest BCUT2D eigenvalue weighted by Gasteiger charge is 2.28. The standard InChI is InChI=1S/C14H23N3O3S/c1-3-5-8-19-9-13-20-12(10-21-13)17-7-6-11(15-4-2)16-14(17)18/h6-7,12-13H,3-5,8-10H2,1-2H3,(H,15,16,18)/t12?,13-/m0/s1. The summed E-state index contributed by atoms with van der Waals surface area (Å²) in [5, 5.41) is 3.02. The third-order valence-corrected chi connectivity index (χ3v) is 4.22. The van der Waals surface area contributed by atoms with E-state index in [9.17, 15) is 4.79 Å². The topological polar surface area (TPSA) is 65.4 Å². The lowest BCUT2D eigenvalue weighted by Gasteiger charge is -2.15. The molecule has 21 heavy (non-hydrogen) atoms. The highest BCUT2D eigenvalue weighted by Crippen LogP contribution is 2.31. The average molecular weight is 313 g/mol. The largest absolute Gasteiger partial charge is 0.378 e. The fraction of sp³-hybridized carbons (Fsp3) is 0.714. The summed E-state index contributed by atoms with van der Waals surface area (Å²) < 4.78 is 13.0. The molecule has 0 radical (unpaired) electrons. The molecule has 0 amide bonds. The Kier molecular flexibility index (Phi) is 6.53. The zero-order valence-corrected chi connectivity index (χ0v) is 13.4. The lowest BCUT2D eigenvalue weighted by molar-refractivity contribution is -0.0250. The van der Waals surface area contributed by atoms with E-state index in [0.717, 1.165) is 31.7 Å². The molecule has 1 N–H and O–H groups in total. The Bertz CT molecular complexity index is 495. The molecule has 7 heteroatoms. The van der Waals surface area contributed by atoms with Crippen LogP contribution in [0.4, 0.5) is 5.82 Å². The van der Waals surface area contributed by atoms with Crippen LogP contribution in [0.2, 0.25) is 0 Å². The van der Waals surface area contributed by atoms with Gasteiger partial charge in [0, 0.05) is 25.1 Å². The smallest absolute Gasteiger partial charge is 0.351 e. The Morgan fingerprint density at radius 2 is 2.43 bits per heavy atom. The highest BCUT2D eigenvalue weighted by molar-refractivity contribution is 8.00. The maximum absolute atomic E-state index is 12.0. The normalized spacial score (nSPS) is 21.6. The second-order valence-electron chi connectivity index (χ2n) is 4.82. The first-order valence-electron chi connectivity index (χ1n) is 7.42. The number of unbranched alkanes of at least 4 members (excludes halogenated alkanes) is 1. The zero-order chi connectivity index (χ0) is 15.1. The van der Waals surface area contributed by atoms with Crippen LogP contribution in [0.3, 0.4) is 0 Å². The van der Waals surface area contributed by atoms with Gasteiger partial charge in [0.1, 0.15) is 17.5 Å². The monoisotopic (exact) mass is 313 g/mol. The fourth-order valence-electron chi connectivity index (χ4n) is 2.01. The van der Waals surface area contributed by atoms with E-state index >= 15 is 0 Å². The number of hydrogen-bond donors (Lipinski definition) is 1. The van der Waals surface area contributed by atoms with E-state index in [1.165, 1.54) is 0 Å². The summed E-state index contributed by atoms with van der Waals surface area (Å²) in [5.74, 6) is 1.34. The Balaban J connectivity index is 1.87. The molecule has 0 aliphatic carbocycles. The summed E-state index contributed by atoms with van der Waals surface area (Å²) in [6.45, 7) is 6.17. The van der Waals surface area contributed by atoms with Crippen molar-refractivity contribution < 1.29 is 9.47 Å². The molecule has 0 spiro atoms. The second kappa shape index (κ2) is 8.41. The summed E-state index contributed by atoms with van der Waals surface area (Å²) in [4.78, 5) is 16.0. The van der Waals surface area contributed by atoms with Crippen molar-refractivity contribution in [1.82, 2.24) is 9.55 Å². The summed E-state index contributed by atoms with van der Waals surface area (Å²) in [6.07, 6.45) is 3.67. The lowest BCUT2D eigenvalue weighted by Crippen LogP contribution is -2.29. The zero-order valence-electron chi connectivity index (χ0n) is 12.6. The molecule has 1 aliphatic rings.